The van der Waals surface area contributed by atoms with Crippen molar-refractivity contribution >= 4 is 40.6 Å². The average Bonchev–Trinajstić information content (AvgIpc) is 2.99. The molecule has 7 nitrogen and oxygen atoms in total. The monoisotopic (exact) mass is 380 g/mol. The molecule has 3 rings (SSSR count). The lowest BCUT2D eigenvalue weighted by Crippen LogP contribution is -2.44. The number of likely N-dealkylation sites (N-methyl/N-ethyl adjacent to an activating group) is 1. The third-order valence-corrected chi connectivity index (χ3v) is 5.35. The molecule has 9 heteroatoms. The van der Waals surface area contributed by atoms with Crippen LogP contribution in [0.1, 0.15) is 0 Å². The number of carbonyl (C=O) groups is 1. The van der Waals surface area contributed by atoms with E-state index in [1.165, 1.54) is 11.8 Å². The number of carbonyl (C=O) groups excluding carboxylic acids is 1. The van der Waals surface area contributed by atoms with Crippen molar-refractivity contribution < 1.29 is 4.79 Å². The number of benzene rings is 1. The minimum absolute atomic E-state index is 0.0920. The van der Waals surface area contributed by atoms with Gasteiger partial charge in [0, 0.05) is 38.2 Å². The molecular formula is C16H21ClN6OS. The van der Waals surface area contributed by atoms with E-state index in [1.54, 1.807) is 17.0 Å². The predicted molar refractivity (Wildman–Crippen MR) is 102 cm³/mol. The number of aryl methyl sites for hydroxylation is 1. The Morgan fingerprint density at radius 3 is 2.72 bits per heavy atom. The Balaban J connectivity index is 1.67. The first-order chi connectivity index (χ1) is 12.0. The van der Waals surface area contributed by atoms with Crippen LogP contribution in [0.5, 0.6) is 0 Å². The highest BCUT2D eigenvalue weighted by Gasteiger charge is 2.18. The highest BCUT2D eigenvalue weighted by Crippen LogP contribution is 2.30. The lowest BCUT2D eigenvalue weighted by Gasteiger charge is -2.35. The zero-order valence-electron chi connectivity index (χ0n) is 14.3. The number of thioether (sulfide) groups is 1. The molecule has 1 aromatic carbocycles. The van der Waals surface area contributed by atoms with Crippen molar-refractivity contribution in [3.05, 3.63) is 29.5 Å². The molecule has 0 atom stereocenters. The summed E-state index contributed by atoms with van der Waals surface area (Å²) in [5, 5.41) is 12.1. The summed E-state index contributed by atoms with van der Waals surface area (Å²) in [4.78, 5) is 16.9. The number of nitrogens with one attached hydrogen (secondary N) is 1. The van der Waals surface area contributed by atoms with E-state index in [4.69, 9.17) is 11.6 Å². The molecule has 1 aliphatic heterocycles. The zero-order chi connectivity index (χ0) is 17.8. The van der Waals surface area contributed by atoms with Gasteiger partial charge >= 0.3 is 0 Å². The predicted octanol–water partition coefficient (Wildman–Crippen LogP) is 1.95. The van der Waals surface area contributed by atoms with Crippen LogP contribution in [0.25, 0.3) is 0 Å². The van der Waals surface area contributed by atoms with E-state index in [2.05, 4.69) is 32.4 Å². The summed E-state index contributed by atoms with van der Waals surface area (Å²) in [5.74, 6) is 0.173. The number of anilines is 2. The van der Waals surface area contributed by atoms with Gasteiger partial charge in [0.2, 0.25) is 5.91 Å². The van der Waals surface area contributed by atoms with E-state index in [1.807, 2.05) is 19.2 Å². The Morgan fingerprint density at radius 2 is 2.04 bits per heavy atom. The van der Waals surface area contributed by atoms with E-state index in [0.29, 0.717) is 10.2 Å². The summed E-state index contributed by atoms with van der Waals surface area (Å²) in [6.45, 7) is 3.85. The molecule has 134 valence electrons. The largest absolute Gasteiger partial charge is 0.367 e. The van der Waals surface area contributed by atoms with Gasteiger partial charge in [0.15, 0.2) is 5.16 Å². The quantitative estimate of drug-likeness (QED) is 0.800. The van der Waals surface area contributed by atoms with Crippen LogP contribution in [0.2, 0.25) is 5.02 Å². The van der Waals surface area contributed by atoms with Gasteiger partial charge in [-0.05, 0) is 25.2 Å². The van der Waals surface area contributed by atoms with E-state index in [-0.39, 0.29) is 11.7 Å². The second-order valence-electron chi connectivity index (χ2n) is 6.01. The molecular weight excluding hydrogens is 360 g/mol. The van der Waals surface area contributed by atoms with E-state index >= 15 is 0 Å². The summed E-state index contributed by atoms with van der Waals surface area (Å²) in [6.07, 6.45) is 1.61. The topological polar surface area (TPSA) is 66.3 Å². The first-order valence-corrected chi connectivity index (χ1v) is 9.39. The number of piperazine rings is 1. The molecule has 1 amide bonds. The van der Waals surface area contributed by atoms with Crippen LogP contribution in [0.15, 0.2) is 29.7 Å². The molecule has 0 spiro atoms. The van der Waals surface area contributed by atoms with Crippen LogP contribution in [0, 0.1) is 0 Å². The van der Waals surface area contributed by atoms with Gasteiger partial charge in [-0.3, -0.25) is 4.79 Å². The Kier molecular flexibility index (Phi) is 5.82. The summed E-state index contributed by atoms with van der Waals surface area (Å²) in [5.41, 5.74) is 1.76. The lowest BCUT2D eigenvalue weighted by atomic mass is 10.2. The van der Waals surface area contributed by atoms with Gasteiger partial charge in [0.05, 0.1) is 17.1 Å². The number of rotatable bonds is 5. The van der Waals surface area contributed by atoms with Crippen molar-refractivity contribution in [2.24, 2.45) is 7.05 Å². The fraction of sp³-hybridized carbons (Fsp3) is 0.438. The molecule has 25 heavy (non-hydrogen) atoms. The average molecular weight is 381 g/mol. The van der Waals surface area contributed by atoms with Crippen molar-refractivity contribution in [3.63, 3.8) is 0 Å². The normalized spacial score (nSPS) is 15.4. The maximum atomic E-state index is 12.4. The summed E-state index contributed by atoms with van der Waals surface area (Å²) < 4.78 is 1.78. The molecule has 0 unspecified atom stereocenters. The highest BCUT2D eigenvalue weighted by atomic mass is 35.5. The highest BCUT2D eigenvalue weighted by molar-refractivity contribution is 7.99. The van der Waals surface area contributed by atoms with Crippen molar-refractivity contribution in [1.82, 2.24) is 19.7 Å². The fourth-order valence-corrected chi connectivity index (χ4v) is 3.51. The standard InChI is InChI=1S/C16H21ClN6OS/c1-21-5-7-23(8-6-21)14-4-3-12(17)9-13(14)19-15(24)10-25-16-20-18-11-22(16)2/h3-4,9,11H,5-8,10H2,1-2H3,(H,19,24). The number of halogens is 1. The Hall–Kier alpha value is -1.77. The van der Waals surface area contributed by atoms with Gasteiger partial charge in [-0.25, -0.2) is 0 Å². The van der Waals surface area contributed by atoms with Gasteiger partial charge in [-0.2, -0.15) is 0 Å². The van der Waals surface area contributed by atoms with Gasteiger partial charge in [0.25, 0.3) is 0 Å². The summed E-state index contributed by atoms with van der Waals surface area (Å²) in [6, 6.07) is 5.64. The number of hydrogen-bond acceptors (Lipinski definition) is 6. The lowest BCUT2D eigenvalue weighted by molar-refractivity contribution is -0.113. The van der Waals surface area contributed by atoms with Gasteiger partial charge in [-0.15, -0.1) is 10.2 Å². The Labute approximate surface area is 156 Å². The molecule has 0 aliphatic carbocycles. The third kappa shape index (κ3) is 4.65. The number of hydrogen-bond donors (Lipinski definition) is 1. The number of amides is 1. The number of nitrogens with zero attached hydrogens (tertiary/aromatic N) is 5. The molecule has 0 radical (unpaired) electrons. The SMILES string of the molecule is CN1CCN(c2ccc(Cl)cc2NC(=O)CSc2nncn2C)CC1. The van der Waals surface area contributed by atoms with Crippen LogP contribution in [0.4, 0.5) is 11.4 Å². The molecule has 0 bridgehead atoms. The van der Waals surface area contributed by atoms with Crippen LogP contribution in [0.3, 0.4) is 0 Å². The minimum Gasteiger partial charge on any atom is -0.367 e. The van der Waals surface area contributed by atoms with Crippen LogP contribution in [-0.4, -0.2) is 64.6 Å². The summed E-state index contributed by atoms with van der Waals surface area (Å²) >= 11 is 7.49. The van der Waals surface area contributed by atoms with Crippen molar-refractivity contribution in [1.29, 1.82) is 0 Å². The van der Waals surface area contributed by atoms with E-state index in [0.717, 1.165) is 37.6 Å². The van der Waals surface area contributed by atoms with Crippen molar-refractivity contribution in [3.8, 4) is 0 Å². The second-order valence-corrected chi connectivity index (χ2v) is 7.39. The molecule has 2 aromatic rings. The van der Waals surface area contributed by atoms with Crippen LogP contribution in [-0.2, 0) is 11.8 Å². The van der Waals surface area contributed by atoms with Crippen molar-refractivity contribution in [2.45, 2.75) is 5.16 Å². The fourth-order valence-electron chi connectivity index (χ4n) is 2.65. The van der Waals surface area contributed by atoms with Crippen LogP contribution >= 0.6 is 23.4 Å². The molecule has 1 saturated heterocycles. The maximum absolute atomic E-state index is 12.4. The first-order valence-electron chi connectivity index (χ1n) is 8.02. The van der Waals surface area contributed by atoms with Gasteiger partial charge < -0.3 is 19.7 Å². The van der Waals surface area contributed by atoms with Gasteiger partial charge in [0.1, 0.15) is 6.33 Å². The van der Waals surface area contributed by atoms with Crippen LogP contribution < -0.4 is 10.2 Å². The summed E-state index contributed by atoms with van der Waals surface area (Å²) in [7, 11) is 3.97. The number of aromatic nitrogens is 3. The second kappa shape index (κ2) is 8.07. The third-order valence-electron chi connectivity index (χ3n) is 4.08. The van der Waals surface area contributed by atoms with E-state index < -0.39 is 0 Å². The van der Waals surface area contributed by atoms with Crippen molar-refractivity contribution in [2.75, 3.05) is 49.2 Å². The molecule has 2 heterocycles. The molecule has 1 aliphatic rings. The molecule has 0 saturated carbocycles. The maximum Gasteiger partial charge on any atom is 0.234 e. The molecule has 1 fully saturated rings. The zero-order valence-corrected chi connectivity index (χ0v) is 15.8. The molecule has 1 aromatic heterocycles. The Bertz CT molecular complexity index is 744. The smallest absolute Gasteiger partial charge is 0.234 e. The van der Waals surface area contributed by atoms with Gasteiger partial charge in [-0.1, -0.05) is 23.4 Å². The Morgan fingerprint density at radius 1 is 1.28 bits per heavy atom. The van der Waals surface area contributed by atoms with E-state index in [9.17, 15) is 4.79 Å². The molecule has 1 N–H and O–H groups in total. The minimum atomic E-state index is -0.0920. The first kappa shape index (κ1) is 18.0.